The summed E-state index contributed by atoms with van der Waals surface area (Å²) in [6.45, 7) is 1.54. The highest BCUT2D eigenvalue weighted by atomic mass is 16.2. The number of hydrogen-bond acceptors (Lipinski definition) is 4. The number of carbonyl (C=O) groups is 1. The number of amides is 1. The molecule has 0 spiro atoms. The van der Waals surface area contributed by atoms with Crippen LogP contribution in [0.4, 0.5) is 0 Å². The monoisotopic (exact) mass is 281 g/mol. The van der Waals surface area contributed by atoms with Crippen LogP contribution < -0.4 is 0 Å². The lowest BCUT2D eigenvalue weighted by molar-refractivity contribution is 0.0794. The largest absolute Gasteiger partial charge is 0.395 e. The molecule has 0 aliphatic carbocycles. The molecule has 21 heavy (non-hydrogen) atoms. The predicted octanol–water partition coefficient (Wildman–Crippen LogP) is 1.22. The van der Waals surface area contributed by atoms with Crippen LogP contribution in [0.3, 0.4) is 0 Å². The summed E-state index contributed by atoms with van der Waals surface area (Å²) in [5, 5.41) is 26.2. The van der Waals surface area contributed by atoms with Gasteiger partial charge in [-0.1, -0.05) is 17.9 Å². The van der Waals surface area contributed by atoms with E-state index in [1.54, 1.807) is 18.2 Å². The normalized spacial score (nSPS) is 8.95. The van der Waals surface area contributed by atoms with Crippen molar-refractivity contribution in [3.8, 4) is 24.0 Å². The third kappa shape index (κ3) is 4.66. The first kappa shape index (κ1) is 16.2. The van der Waals surface area contributed by atoms with Crippen molar-refractivity contribution in [3.05, 3.63) is 34.9 Å². The summed E-state index contributed by atoms with van der Waals surface area (Å²) in [6.07, 6.45) is 0.321. The van der Waals surface area contributed by atoms with Gasteiger partial charge in [-0.05, 0) is 24.6 Å². The lowest BCUT2D eigenvalue weighted by atomic mass is 10.0. The molecule has 0 heterocycles. The number of aliphatic hydroxyl groups is 1. The van der Waals surface area contributed by atoms with E-state index < -0.39 is 5.91 Å². The molecule has 0 saturated carbocycles. The first-order chi connectivity index (χ1) is 10.1. The van der Waals surface area contributed by atoms with Gasteiger partial charge in [-0.25, -0.2) is 0 Å². The summed E-state index contributed by atoms with van der Waals surface area (Å²) in [5.41, 5.74) is 1.85. The predicted molar refractivity (Wildman–Crippen MR) is 76.9 cm³/mol. The van der Waals surface area contributed by atoms with Gasteiger partial charge in [-0.15, -0.1) is 0 Å². The van der Waals surface area contributed by atoms with Crippen molar-refractivity contribution in [3.63, 3.8) is 0 Å². The lowest BCUT2D eigenvalue weighted by Crippen LogP contribution is -2.32. The lowest BCUT2D eigenvalue weighted by Gasteiger charge is -2.17. The maximum atomic E-state index is 12.4. The summed E-state index contributed by atoms with van der Waals surface area (Å²) in [7, 11) is 0. The van der Waals surface area contributed by atoms with E-state index in [9.17, 15) is 4.79 Å². The minimum absolute atomic E-state index is 0.0446. The highest BCUT2D eigenvalue weighted by Gasteiger charge is 2.18. The topological polar surface area (TPSA) is 88.1 Å². The van der Waals surface area contributed by atoms with Crippen LogP contribution >= 0.6 is 0 Å². The third-order valence-electron chi connectivity index (χ3n) is 2.68. The second-order valence-electron chi connectivity index (χ2n) is 4.30. The maximum absolute atomic E-state index is 12.4. The average molecular weight is 281 g/mol. The summed E-state index contributed by atoms with van der Waals surface area (Å²) < 4.78 is 0. The van der Waals surface area contributed by atoms with Crippen LogP contribution in [-0.2, 0) is 0 Å². The van der Waals surface area contributed by atoms with Crippen LogP contribution in [0.1, 0.15) is 27.9 Å². The Hall–Kier alpha value is -2.81. The number of nitrogens with zero attached hydrogens (tertiary/aromatic N) is 3. The molecule has 1 aromatic carbocycles. The molecule has 0 aromatic heterocycles. The summed E-state index contributed by atoms with van der Waals surface area (Å²) >= 11 is 0. The molecule has 0 saturated heterocycles. The summed E-state index contributed by atoms with van der Waals surface area (Å²) in [4.78, 5) is 13.6. The van der Waals surface area contributed by atoms with Gasteiger partial charge >= 0.3 is 0 Å². The fourth-order valence-electron chi connectivity index (χ4n) is 1.70. The molecule has 0 fully saturated rings. The molecule has 1 rings (SSSR count). The quantitative estimate of drug-likeness (QED) is 0.664. The second-order valence-corrected chi connectivity index (χ2v) is 4.30. The number of hydrogen-bond donors (Lipinski definition) is 1. The van der Waals surface area contributed by atoms with Gasteiger partial charge in [0, 0.05) is 12.0 Å². The smallest absolute Gasteiger partial charge is 0.256 e. The van der Waals surface area contributed by atoms with E-state index in [0.717, 1.165) is 5.56 Å². The second kappa shape index (κ2) is 8.38. The Morgan fingerprint density at radius 3 is 2.52 bits per heavy atom. The molecule has 1 N–H and O–H groups in total. The van der Waals surface area contributed by atoms with Crippen molar-refractivity contribution < 1.29 is 9.90 Å². The highest BCUT2D eigenvalue weighted by molar-refractivity contribution is 5.97. The minimum Gasteiger partial charge on any atom is -0.395 e. The Kier molecular flexibility index (Phi) is 6.48. The number of aryl methyl sites for hydroxylation is 1. The zero-order valence-electron chi connectivity index (χ0n) is 11.8. The van der Waals surface area contributed by atoms with Crippen LogP contribution in [0.15, 0.2) is 18.2 Å². The van der Waals surface area contributed by atoms with Crippen molar-refractivity contribution in [1.29, 1.82) is 10.5 Å². The highest BCUT2D eigenvalue weighted by Crippen LogP contribution is 2.13. The summed E-state index contributed by atoms with van der Waals surface area (Å²) in [5.74, 6) is 5.23. The van der Waals surface area contributed by atoms with E-state index in [0.29, 0.717) is 17.5 Å². The number of nitriles is 2. The SMILES string of the molecule is Cc1ccc(C(=O)N(CC#N)CC#N)c(C#CCCO)c1. The molecule has 0 aliphatic rings. The summed E-state index contributed by atoms with van der Waals surface area (Å²) in [6, 6.07) is 8.94. The van der Waals surface area contributed by atoms with Gasteiger partial charge in [-0.2, -0.15) is 10.5 Å². The van der Waals surface area contributed by atoms with Crippen LogP contribution in [0.25, 0.3) is 0 Å². The maximum Gasteiger partial charge on any atom is 0.256 e. The molecule has 0 atom stereocenters. The average Bonchev–Trinajstić information content (AvgIpc) is 2.47. The first-order valence-electron chi connectivity index (χ1n) is 6.37. The molecule has 5 heteroatoms. The van der Waals surface area contributed by atoms with Crippen LogP contribution in [-0.4, -0.2) is 35.6 Å². The van der Waals surface area contributed by atoms with Crippen molar-refractivity contribution >= 4 is 5.91 Å². The van der Waals surface area contributed by atoms with Crippen molar-refractivity contribution in [2.45, 2.75) is 13.3 Å². The first-order valence-corrected chi connectivity index (χ1v) is 6.37. The van der Waals surface area contributed by atoms with Gasteiger partial charge < -0.3 is 10.0 Å². The molecular formula is C16H15N3O2. The Balaban J connectivity index is 3.17. The fourth-order valence-corrected chi connectivity index (χ4v) is 1.70. The van der Waals surface area contributed by atoms with Crippen molar-refractivity contribution in [2.24, 2.45) is 0 Å². The Bertz CT molecular complexity index is 641. The molecule has 106 valence electrons. The van der Waals surface area contributed by atoms with Gasteiger partial charge in [0.15, 0.2) is 0 Å². The van der Waals surface area contributed by atoms with Gasteiger partial charge in [0.05, 0.1) is 24.3 Å². The van der Waals surface area contributed by atoms with E-state index in [2.05, 4.69) is 11.8 Å². The van der Waals surface area contributed by atoms with Gasteiger partial charge in [0.25, 0.3) is 5.91 Å². The Morgan fingerprint density at radius 2 is 1.95 bits per heavy atom. The van der Waals surface area contributed by atoms with Crippen LogP contribution in [0.5, 0.6) is 0 Å². The van der Waals surface area contributed by atoms with E-state index in [1.165, 1.54) is 4.90 Å². The van der Waals surface area contributed by atoms with Crippen molar-refractivity contribution in [1.82, 2.24) is 4.90 Å². The van der Waals surface area contributed by atoms with E-state index in [1.807, 2.05) is 19.1 Å². The number of benzene rings is 1. The Labute approximate surface area is 124 Å². The molecule has 5 nitrogen and oxygen atoms in total. The van der Waals surface area contributed by atoms with Gasteiger partial charge in [-0.3, -0.25) is 4.79 Å². The molecule has 0 aliphatic heterocycles. The zero-order chi connectivity index (χ0) is 15.7. The number of carbonyl (C=O) groups excluding carboxylic acids is 1. The zero-order valence-corrected chi connectivity index (χ0v) is 11.8. The molecule has 0 bridgehead atoms. The third-order valence-corrected chi connectivity index (χ3v) is 2.68. The molecule has 0 radical (unpaired) electrons. The standard InChI is InChI=1S/C16H15N3O2/c1-13-5-6-15(14(12-13)4-2-3-11-20)16(21)19(9-7-17)10-8-18/h5-6,12,20H,3,9-11H2,1H3. The Morgan fingerprint density at radius 1 is 1.29 bits per heavy atom. The van der Waals surface area contributed by atoms with Gasteiger partial charge in [0.1, 0.15) is 13.1 Å². The molecule has 1 aromatic rings. The van der Waals surface area contributed by atoms with E-state index in [-0.39, 0.29) is 19.7 Å². The van der Waals surface area contributed by atoms with E-state index in [4.69, 9.17) is 15.6 Å². The minimum atomic E-state index is -0.397. The number of rotatable bonds is 4. The molecule has 1 amide bonds. The van der Waals surface area contributed by atoms with E-state index >= 15 is 0 Å². The van der Waals surface area contributed by atoms with Gasteiger partial charge in [0.2, 0.25) is 0 Å². The van der Waals surface area contributed by atoms with Crippen LogP contribution in [0, 0.1) is 41.4 Å². The van der Waals surface area contributed by atoms with Crippen LogP contribution in [0.2, 0.25) is 0 Å². The van der Waals surface area contributed by atoms with Crippen molar-refractivity contribution in [2.75, 3.05) is 19.7 Å². The molecular weight excluding hydrogens is 266 g/mol. The number of aliphatic hydroxyl groups excluding tert-OH is 1. The molecule has 0 unspecified atom stereocenters. The fraction of sp³-hybridized carbons (Fsp3) is 0.312.